The first-order valence-corrected chi connectivity index (χ1v) is 9.20. The van der Waals surface area contributed by atoms with Crippen molar-refractivity contribution in [1.82, 2.24) is 14.7 Å². The summed E-state index contributed by atoms with van der Waals surface area (Å²) in [5, 5.41) is 5.75. The molecule has 0 N–H and O–H groups in total. The summed E-state index contributed by atoms with van der Waals surface area (Å²) in [5.74, 6) is 0. The van der Waals surface area contributed by atoms with Crippen LogP contribution in [0.15, 0.2) is 18.2 Å². The van der Waals surface area contributed by atoms with Crippen LogP contribution in [-0.2, 0) is 16.1 Å². The fraction of sp³-hybridized carbons (Fsp3) is 0.500. The summed E-state index contributed by atoms with van der Waals surface area (Å²) in [4.78, 5) is 2.36. The normalized spacial score (nSPS) is 15.7. The number of hydrogen-bond acceptors (Lipinski definition) is 4. The zero-order valence-corrected chi connectivity index (χ0v) is 16.1. The monoisotopic (exact) mass is 383 g/mol. The van der Waals surface area contributed by atoms with Crippen LogP contribution in [0.3, 0.4) is 0 Å². The molecular formula is C18H23Cl2N3O2. The molecular weight excluding hydrogens is 361 g/mol. The standard InChI is InChI=1S/C18H23Cl2N3O2/c1-13-14(2)23(15-3-4-16(19)17(20)11-15)21-18(13)12-25-10-7-22-5-8-24-9-6-22/h3-4,11H,5-10,12H2,1-2H3. The van der Waals surface area contributed by atoms with Crippen molar-refractivity contribution >= 4 is 23.2 Å². The number of rotatable bonds is 6. The predicted octanol–water partition coefficient (Wildman–Crippen LogP) is 3.64. The molecule has 0 radical (unpaired) electrons. The van der Waals surface area contributed by atoms with Gasteiger partial charge in [-0.25, -0.2) is 4.68 Å². The average Bonchev–Trinajstić information content (AvgIpc) is 2.90. The van der Waals surface area contributed by atoms with Gasteiger partial charge >= 0.3 is 0 Å². The Morgan fingerprint density at radius 1 is 1.16 bits per heavy atom. The molecule has 1 aliphatic heterocycles. The molecule has 1 fully saturated rings. The number of aromatic nitrogens is 2. The van der Waals surface area contributed by atoms with E-state index in [1.54, 1.807) is 6.07 Å². The van der Waals surface area contributed by atoms with Gasteiger partial charge in [0.15, 0.2) is 0 Å². The second-order valence-electron chi connectivity index (χ2n) is 6.17. The molecule has 0 amide bonds. The average molecular weight is 384 g/mol. The lowest BCUT2D eigenvalue weighted by atomic mass is 10.2. The minimum absolute atomic E-state index is 0.505. The fourth-order valence-electron chi connectivity index (χ4n) is 2.83. The van der Waals surface area contributed by atoms with Crippen LogP contribution in [0.2, 0.25) is 10.0 Å². The van der Waals surface area contributed by atoms with Gasteiger partial charge in [0.05, 0.1) is 47.9 Å². The Morgan fingerprint density at radius 3 is 2.64 bits per heavy atom. The summed E-state index contributed by atoms with van der Waals surface area (Å²) in [6.45, 7) is 9.82. The first-order chi connectivity index (χ1) is 12.1. The second-order valence-corrected chi connectivity index (χ2v) is 6.99. The van der Waals surface area contributed by atoms with Gasteiger partial charge in [0, 0.05) is 25.3 Å². The van der Waals surface area contributed by atoms with Crippen LogP contribution < -0.4 is 0 Å². The Bertz CT molecular complexity index is 727. The number of benzene rings is 1. The van der Waals surface area contributed by atoms with Gasteiger partial charge in [0.25, 0.3) is 0 Å². The zero-order valence-electron chi connectivity index (χ0n) is 14.6. The number of morpholine rings is 1. The van der Waals surface area contributed by atoms with Crippen molar-refractivity contribution in [2.75, 3.05) is 39.5 Å². The first kappa shape index (κ1) is 18.7. The maximum absolute atomic E-state index is 6.13. The summed E-state index contributed by atoms with van der Waals surface area (Å²) < 4.78 is 13.1. The van der Waals surface area contributed by atoms with Crippen LogP contribution in [0, 0.1) is 13.8 Å². The predicted molar refractivity (Wildman–Crippen MR) is 100.0 cm³/mol. The maximum Gasteiger partial charge on any atom is 0.0918 e. The largest absolute Gasteiger partial charge is 0.379 e. The fourth-order valence-corrected chi connectivity index (χ4v) is 3.12. The van der Waals surface area contributed by atoms with Gasteiger partial charge in [-0.05, 0) is 37.6 Å². The lowest BCUT2D eigenvalue weighted by molar-refractivity contribution is 0.0176. The van der Waals surface area contributed by atoms with Gasteiger partial charge in [-0.15, -0.1) is 0 Å². The van der Waals surface area contributed by atoms with Crippen molar-refractivity contribution in [1.29, 1.82) is 0 Å². The Kier molecular flexibility index (Phi) is 6.36. The third kappa shape index (κ3) is 4.54. The molecule has 25 heavy (non-hydrogen) atoms. The molecule has 1 aromatic heterocycles. The van der Waals surface area contributed by atoms with E-state index in [-0.39, 0.29) is 0 Å². The Morgan fingerprint density at radius 2 is 1.92 bits per heavy atom. The SMILES string of the molecule is Cc1c(COCCN2CCOCC2)nn(-c2ccc(Cl)c(Cl)c2)c1C. The minimum Gasteiger partial charge on any atom is -0.379 e. The van der Waals surface area contributed by atoms with E-state index in [2.05, 4.69) is 11.8 Å². The molecule has 0 spiro atoms. The molecule has 1 aliphatic rings. The van der Waals surface area contributed by atoms with Crippen LogP contribution in [0.4, 0.5) is 0 Å². The topological polar surface area (TPSA) is 39.5 Å². The lowest BCUT2D eigenvalue weighted by Gasteiger charge is -2.26. The third-order valence-corrected chi connectivity index (χ3v) is 5.30. The number of nitrogens with zero attached hydrogens (tertiary/aromatic N) is 3. The highest BCUT2D eigenvalue weighted by Crippen LogP contribution is 2.26. The van der Waals surface area contributed by atoms with Gasteiger partial charge in [-0.1, -0.05) is 23.2 Å². The van der Waals surface area contributed by atoms with E-state index in [0.717, 1.165) is 55.5 Å². The van der Waals surface area contributed by atoms with Crippen LogP contribution >= 0.6 is 23.2 Å². The van der Waals surface area contributed by atoms with Crippen molar-refractivity contribution in [3.05, 3.63) is 45.2 Å². The molecule has 0 unspecified atom stereocenters. The molecule has 0 atom stereocenters. The number of ether oxygens (including phenoxy) is 2. The van der Waals surface area contributed by atoms with Crippen molar-refractivity contribution in [2.45, 2.75) is 20.5 Å². The van der Waals surface area contributed by atoms with E-state index in [4.69, 9.17) is 37.8 Å². The Hall–Kier alpha value is -1.11. The Balaban J connectivity index is 1.61. The van der Waals surface area contributed by atoms with Gasteiger partial charge < -0.3 is 9.47 Å². The lowest BCUT2D eigenvalue weighted by Crippen LogP contribution is -2.38. The summed E-state index contributed by atoms with van der Waals surface area (Å²) in [6.07, 6.45) is 0. The van der Waals surface area contributed by atoms with E-state index in [9.17, 15) is 0 Å². The number of hydrogen-bond donors (Lipinski definition) is 0. The highest BCUT2D eigenvalue weighted by molar-refractivity contribution is 6.42. The molecule has 7 heteroatoms. The Labute approximate surface area is 158 Å². The molecule has 0 bridgehead atoms. The molecule has 136 valence electrons. The molecule has 2 aromatic rings. The van der Waals surface area contributed by atoms with Gasteiger partial charge in [-0.3, -0.25) is 4.90 Å². The molecule has 1 saturated heterocycles. The molecule has 2 heterocycles. The van der Waals surface area contributed by atoms with Gasteiger partial charge in [0.2, 0.25) is 0 Å². The van der Waals surface area contributed by atoms with E-state index in [1.807, 2.05) is 23.7 Å². The minimum atomic E-state index is 0.505. The molecule has 0 aliphatic carbocycles. The highest BCUT2D eigenvalue weighted by atomic mass is 35.5. The second kappa shape index (κ2) is 8.52. The smallest absolute Gasteiger partial charge is 0.0918 e. The van der Waals surface area contributed by atoms with Crippen LogP contribution in [-0.4, -0.2) is 54.1 Å². The van der Waals surface area contributed by atoms with Crippen molar-refractivity contribution < 1.29 is 9.47 Å². The molecule has 1 aromatic carbocycles. The number of halogens is 2. The van der Waals surface area contributed by atoms with E-state index >= 15 is 0 Å². The molecule has 3 rings (SSSR count). The van der Waals surface area contributed by atoms with Crippen LogP contribution in [0.25, 0.3) is 5.69 Å². The molecule has 5 nitrogen and oxygen atoms in total. The molecule has 0 saturated carbocycles. The summed E-state index contributed by atoms with van der Waals surface area (Å²) in [7, 11) is 0. The van der Waals surface area contributed by atoms with Crippen molar-refractivity contribution in [2.24, 2.45) is 0 Å². The van der Waals surface area contributed by atoms with Gasteiger partial charge in [0.1, 0.15) is 0 Å². The summed E-state index contributed by atoms with van der Waals surface area (Å²) in [6, 6.07) is 5.53. The highest BCUT2D eigenvalue weighted by Gasteiger charge is 2.14. The van der Waals surface area contributed by atoms with Crippen molar-refractivity contribution in [3.63, 3.8) is 0 Å². The third-order valence-electron chi connectivity index (χ3n) is 4.56. The summed E-state index contributed by atoms with van der Waals surface area (Å²) in [5.41, 5.74) is 4.06. The van der Waals surface area contributed by atoms with Crippen LogP contribution in [0.5, 0.6) is 0 Å². The summed E-state index contributed by atoms with van der Waals surface area (Å²) >= 11 is 12.1. The maximum atomic E-state index is 6.13. The van der Waals surface area contributed by atoms with Crippen molar-refractivity contribution in [3.8, 4) is 5.69 Å². The quantitative estimate of drug-likeness (QED) is 0.713. The van der Waals surface area contributed by atoms with Gasteiger partial charge in [-0.2, -0.15) is 5.10 Å². The van der Waals surface area contributed by atoms with E-state index in [0.29, 0.717) is 23.3 Å². The first-order valence-electron chi connectivity index (χ1n) is 8.44. The zero-order chi connectivity index (χ0) is 17.8. The van der Waals surface area contributed by atoms with E-state index < -0.39 is 0 Å². The van der Waals surface area contributed by atoms with E-state index in [1.165, 1.54) is 0 Å². The van der Waals surface area contributed by atoms with Crippen LogP contribution in [0.1, 0.15) is 17.0 Å².